The molecule has 1 aliphatic rings. The van der Waals surface area contributed by atoms with Crippen LogP contribution in [0.15, 0.2) is 24.4 Å². The summed E-state index contributed by atoms with van der Waals surface area (Å²) >= 11 is 0. The molecule has 0 radical (unpaired) electrons. The van der Waals surface area contributed by atoms with Crippen molar-refractivity contribution in [3.05, 3.63) is 35.5 Å². The molecule has 2 aromatic rings. The summed E-state index contributed by atoms with van der Waals surface area (Å²) in [5, 5.41) is 1.48. The van der Waals surface area contributed by atoms with E-state index in [-0.39, 0.29) is 5.54 Å². The van der Waals surface area contributed by atoms with E-state index >= 15 is 0 Å². The molecule has 1 heterocycles. The summed E-state index contributed by atoms with van der Waals surface area (Å²) in [7, 11) is 4.31. The lowest BCUT2D eigenvalue weighted by atomic mass is 10.0. The van der Waals surface area contributed by atoms with E-state index in [2.05, 4.69) is 61.8 Å². The van der Waals surface area contributed by atoms with Crippen LogP contribution in [0.3, 0.4) is 0 Å². The van der Waals surface area contributed by atoms with Crippen LogP contribution in [0.5, 0.6) is 0 Å². The molecule has 3 rings (SSSR count). The minimum absolute atomic E-state index is 0.172. The van der Waals surface area contributed by atoms with Crippen molar-refractivity contribution in [1.82, 2.24) is 9.47 Å². The molecule has 0 saturated heterocycles. The number of nitrogens with zero attached hydrogens (tertiary/aromatic N) is 2. The van der Waals surface area contributed by atoms with Crippen molar-refractivity contribution in [2.24, 2.45) is 0 Å². The third kappa shape index (κ3) is 2.08. The number of aromatic nitrogens is 1. The zero-order chi connectivity index (χ0) is 13.6. The first kappa shape index (κ1) is 12.7. The molecule has 0 saturated carbocycles. The molecular formula is C17H24N2. The largest absolute Gasteiger partial charge is 0.346 e. The molecule has 1 aromatic heterocycles. The number of likely N-dealkylation sites (N-methyl/N-ethyl adjacent to an activating group) is 1. The molecular weight excluding hydrogens is 232 g/mol. The van der Waals surface area contributed by atoms with Gasteiger partial charge >= 0.3 is 0 Å². The Kier molecular flexibility index (Phi) is 2.94. The van der Waals surface area contributed by atoms with E-state index in [1.165, 1.54) is 30.2 Å². The topological polar surface area (TPSA) is 8.17 Å². The fourth-order valence-corrected chi connectivity index (χ4v) is 3.06. The second kappa shape index (κ2) is 4.38. The fraction of sp³-hybridized carbons (Fsp3) is 0.529. The standard InChI is InChI=1S/C17H24N2/c1-17(2,18(3)4)12-19-11-10-15-14-7-5-6-13(14)8-9-16(15)19/h8-11H,5-7,12H2,1-4H3. The summed E-state index contributed by atoms with van der Waals surface area (Å²) in [4.78, 5) is 2.30. The van der Waals surface area contributed by atoms with Gasteiger partial charge in [0, 0.05) is 29.2 Å². The summed E-state index contributed by atoms with van der Waals surface area (Å²) in [6.45, 7) is 5.63. The quantitative estimate of drug-likeness (QED) is 0.816. The smallest absolute Gasteiger partial charge is 0.0483 e. The van der Waals surface area contributed by atoms with Crippen LogP contribution in [-0.4, -0.2) is 29.1 Å². The molecule has 102 valence electrons. The van der Waals surface area contributed by atoms with Gasteiger partial charge < -0.3 is 9.47 Å². The van der Waals surface area contributed by atoms with Gasteiger partial charge in [-0.2, -0.15) is 0 Å². The molecule has 0 amide bonds. The lowest BCUT2D eigenvalue weighted by Gasteiger charge is -2.33. The maximum absolute atomic E-state index is 2.41. The zero-order valence-electron chi connectivity index (χ0n) is 12.5. The van der Waals surface area contributed by atoms with Crippen LogP contribution in [0.25, 0.3) is 10.9 Å². The van der Waals surface area contributed by atoms with E-state index in [1.54, 1.807) is 11.1 Å². The first-order chi connectivity index (χ1) is 8.99. The van der Waals surface area contributed by atoms with Crippen LogP contribution in [0.4, 0.5) is 0 Å². The summed E-state index contributed by atoms with van der Waals surface area (Å²) < 4.78 is 2.41. The van der Waals surface area contributed by atoms with Gasteiger partial charge in [0.05, 0.1) is 0 Å². The molecule has 0 spiro atoms. The first-order valence-electron chi connectivity index (χ1n) is 7.26. The minimum Gasteiger partial charge on any atom is -0.346 e. The van der Waals surface area contributed by atoms with E-state index in [0.717, 1.165) is 6.54 Å². The monoisotopic (exact) mass is 256 g/mol. The summed E-state index contributed by atoms with van der Waals surface area (Å²) in [6, 6.07) is 6.96. The molecule has 0 atom stereocenters. The van der Waals surface area contributed by atoms with Gasteiger partial charge in [0.15, 0.2) is 0 Å². The Labute approximate surface area is 116 Å². The number of aryl methyl sites for hydroxylation is 2. The van der Waals surface area contributed by atoms with Gasteiger partial charge in [-0.25, -0.2) is 0 Å². The van der Waals surface area contributed by atoms with Crippen molar-refractivity contribution in [3.8, 4) is 0 Å². The number of hydrogen-bond acceptors (Lipinski definition) is 1. The van der Waals surface area contributed by atoms with Crippen molar-refractivity contribution in [3.63, 3.8) is 0 Å². The predicted molar refractivity (Wildman–Crippen MR) is 81.7 cm³/mol. The third-order valence-corrected chi connectivity index (χ3v) is 4.80. The van der Waals surface area contributed by atoms with Gasteiger partial charge in [0.1, 0.15) is 0 Å². The number of fused-ring (bicyclic) bond motifs is 3. The molecule has 0 bridgehead atoms. The first-order valence-corrected chi connectivity index (χ1v) is 7.26. The Morgan fingerprint density at radius 2 is 1.95 bits per heavy atom. The third-order valence-electron chi connectivity index (χ3n) is 4.80. The second-order valence-electron chi connectivity index (χ2n) is 6.64. The Morgan fingerprint density at radius 3 is 2.68 bits per heavy atom. The molecule has 19 heavy (non-hydrogen) atoms. The van der Waals surface area contributed by atoms with Crippen LogP contribution >= 0.6 is 0 Å². The van der Waals surface area contributed by atoms with Crippen LogP contribution in [-0.2, 0) is 19.4 Å². The van der Waals surface area contributed by atoms with E-state index in [9.17, 15) is 0 Å². The predicted octanol–water partition coefficient (Wildman–Crippen LogP) is 3.47. The van der Waals surface area contributed by atoms with Gasteiger partial charge in [-0.3, -0.25) is 0 Å². The minimum atomic E-state index is 0.172. The summed E-state index contributed by atoms with van der Waals surface area (Å²) in [5.41, 5.74) is 4.73. The number of benzene rings is 1. The average Bonchev–Trinajstić information content (AvgIpc) is 2.94. The Morgan fingerprint density at radius 1 is 1.16 bits per heavy atom. The van der Waals surface area contributed by atoms with Crippen LogP contribution in [0.1, 0.15) is 31.4 Å². The van der Waals surface area contributed by atoms with Crippen LogP contribution in [0, 0.1) is 0 Å². The summed E-state index contributed by atoms with van der Waals surface area (Å²) in [6.07, 6.45) is 6.10. The van der Waals surface area contributed by atoms with Crippen molar-refractivity contribution >= 4 is 10.9 Å². The molecule has 0 N–H and O–H groups in total. The molecule has 2 nitrogen and oxygen atoms in total. The molecule has 1 aromatic carbocycles. The Balaban J connectivity index is 2.03. The highest BCUT2D eigenvalue weighted by molar-refractivity contribution is 5.85. The fourth-order valence-electron chi connectivity index (χ4n) is 3.06. The molecule has 2 heteroatoms. The highest BCUT2D eigenvalue weighted by atomic mass is 15.2. The highest BCUT2D eigenvalue weighted by Gasteiger charge is 2.22. The SMILES string of the molecule is CN(C)C(C)(C)Cn1ccc2c3c(ccc21)CCC3. The zero-order valence-corrected chi connectivity index (χ0v) is 12.5. The van der Waals surface area contributed by atoms with E-state index in [4.69, 9.17) is 0 Å². The van der Waals surface area contributed by atoms with E-state index in [1.807, 2.05) is 0 Å². The van der Waals surface area contributed by atoms with Gasteiger partial charge in [-0.1, -0.05) is 6.07 Å². The van der Waals surface area contributed by atoms with Gasteiger partial charge in [-0.15, -0.1) is 0 Å². The van der Waals surface area contributed by atoms with Gasteiger partial charge in [0.25, 0.3) is 0 Å². The highest BCUT2D eigenvalue weighted by Crippen LogP contribution is 2.31. The summed E-state index contributed by atoms with van der Waals surface area (Å²) in [5.74, 6) is 0. The lowest BCUT2D eigenvalue weighted by Crippen LogP contribution is -2.41. The van der Waals surface area contributed by atoms with Crippen molar-refractivity contribution in [1.29, 1.82) is 0 Å². The molecule has 0 aliphatic heterocycles. The van der Waals surface area contributed by atoms with Crippen LogP contribution < -0.4 is 0 Å². The normalized spacial score (nSPS) is 15.4. The van der Waals surface area contributed by atoms with Gasteiger partial charge in [-0.05, 0) is 70.5 Å². The van der Waals surface area contributed by atoms with E-state index in [0.29, 0.717) is 0 Å². The average molecular weight is 256 g/mol. The maximum atomic E-state index is 2.41. The lowest BCUT2D eigenvalue weighted by molar-refractivity contribution is 0.171. The molecule has 0 fully saturated rings. The maximum Gasteiger partial charge on any atom is 0.0483 e. The second-order valence-corrected chi connectivity index (χ2v) is 6.64. The molecule has 0 unspecified atom stereocenters. The Bertz CT molecular complexity index is 605. The van der Waals surface area contributed by atoms with Crippen molar-refractivity contribution in [2.75, 3.05) is 14.1 Å². The van der Waals surface area contributed by atoms with Crippen molar-refractivity contribution in [2.45, 2.75) is 45.2 Å². The number of hydrogen-bond donors (Lipinski definition) is 0. The van der Waals surface area contributed by atoms with Gasteiger partial charge in [0.2, 0.25) is 0 Å². The van der Waals surface area contributed by atoms with Crippen molar-refractivity contribution < 1.29 is 0 Å². The van der Waals surface area contributed by atoms with Crippen LogP contribution in [0.2, 0.25) is 0 Å². The number of rotatable bonds is 3. The molecule has 1 aliphatic carbocycles. The van der Waals surface area contributed by atoms with E-state index < -0.39 is 0 Å². The Hall–Kier alpha value is -1.28.